The van der Waals surface area contributed by atoms with E-state index >= 15 is 0 Å². The Morgan fingerprint density at radius 2 is 1.95 bits per heavy atom. The number of likely N-dealkylation sites (N-methyl/N-ethyl adjacent to an activating group) is 1. The predicted molar refractivity (Wildman–Crippen MR) is 82.1 cm³/mol. The summed E-state index contributed by atoms with van der Waals surface area (Å²) in [7, 11) is 1.68. The van der Waals surface area contributed by atoms with Gasteiger partial charge in [-0.3, -0.25) is 9.59 Å². The van der Waals surface area contributed by atoms with Gasteiger partial charge in [-0.05, 0) is 37.6 Å². The number of alkyl halides is 3. The second-order valence-electron chi connectivity index (χ2n) is 5.28. The molecule has 1 unspecified atom stereocenters. The third-order valence-corrected chi connectivity index (χ3v) is 4.09. The zero-order chi connectivity index (χ0) is 15.3. The van der Waals surface area contributed by atoms with Crippen molar-refractivity contribution < 1.29 is 9.59 Å². The lowest BCUT2D eigenvalue weighted by molar-refractivity contribution is -0.122. The number of fused-ring (bicyclic) bond motifs is 1. The summed E-state index contributed by atoms with van der Waals surface area (Å²) in [6.45, 7) is 3.22. The van der Waals surface area contributed by atoms with Gasteiger partial charge in [-0.25, -0.2) is 0 Å². The molecule has 6 heteroatoms. The molecule has 0 N–H and O–H groups in total. The van der Waals surface area contributed by atoms with Gasteiger partial charge in [0.2, 0.25) is 5.91 Å². The first-order valence-corrected chi connectivity index (χ1v) is 7.20. The second kappa shape index (κ2) is 4.90. The summed E-state index contributed by atoms with van der Waals surface area (Å²) in [5.41, 5.74) is 1.07. The van der Waals surface area contributed by atoms with Crippen LogP contribution in [0.5, 0.6) is 0 Å². The first-order valence-electron chi connectivity index (χ1n) is 6.06. The van der Waals surface area contributed by atoms with Gasteiger partial charge in [0, 0.05) is 24.7 Å². The Morgan fingerprint density at radius 3 is 2.45 bits per heavy atom. The molecule has 0 aromatic heterocycles. The summed E-state index contributed by atoms with van der Waals surface area (Å²) in [5, 5.41) is 0. The number of Topliss-reactive ketones (excluding diaryl/α,β-unsaturated/α-hetero) is 1. The van der Waals surface area contributed by atoms with E-state index in [4.69, 9.17) is 34.8 Å². The number of hydrogen-bond donors (Lipinski definition) is 0. The third kappa shape index (κ3) is 2.54. The van der Waals surface area contributed by atoms with Gasteiger partial charge in [0.25, 0.3) is 0 Å². The van der Waals surface area contributed by atoms with Crippen LogP contribution in [0.2, 0.25) is 0 Å². The van der Waals surface area contributed by atoms with Crippen molar-refractivity contribution in [2.24, 2.45) is 0 Å². The number of halogens is 3. The van der Waals surface area contributed by atoms with Crippen LogP contribution in [-0.4, -0.2) is 22.5 Å². The number of hydrogen-bond acceptors (Lipinski definition) is 2. The van der Waals surface area contributed by atoms with Gasteiger partial charge in [-0.15, -0.1) is 0 Å². The Labute approximate surface area is 132 Å². The van der Waals surface area contributed by atoms with E-state index < -0.39 is 9.21 Å². The summed E-state index contributed by atoms with van der Waals surface area (Å²) in [6, 6.07) is 5.18. The SMILES string of the molecule is CC(=O)c1ccc2c(c1)C(C)(CC(Cl)(Cl)Cl)C(=O)N2C. The molecule has 0 saturated heterocycles. The van der Waals surface area contributed by atoms with Gasteiger partial charge in [0.05, 0.1) is 5.41 Å². The highest BCUT2D eigenvalue weighted by Gasteiger charge is 2.49. The number of amides is 1. The topological polar surface area (TPSA) is 37.4 Å². The largest absolute Gasteiger partial charge is 0.314 e. The van der Waals surface area contributed by atoms with E-state index in [1.165, 1.54) is 11.8 Å². The standard InChI is InChI=1S/C14H14Cl3NO2/c1-8(19)9-4-5-11-10(6-9)13(2,7-14(15,16)17)12(20)18(11)3/h4-6H,7H2,1-3H3. The van der Waals surface area contributed by atoms with Crippen molar-refractivity contribution in [3.05, 3.63) is 29.3 Å². The minimum Gasteiger partial charge on any atom is -0.314 e. The number of carbonyl (C=O) groups excluding carboxylic acids is 2. The third-order valence-electron chi connectivity index (χ3n) is 3.69. The van der Waals surface area contributed by atoms with Crippen LogP contribution in [0.25, 0.3) is 0 Å². The maximum absolute atomic E-state index is 12.5. The molecule has 3 nitrogen and oxygen atoms in total. The number of anilines is 1. The zero-order valence-corrected chi connectivity index (χ0v) is 13.6. The van der Waals surface area contributed by atoms with E-state index in [1.54, 1.807) is 32.2 Å². The van der Waals surface area contributed by atoms with E-state index in [0.717, 1.165) is 11.3 Å². The fourth-order valence-corrected chi connectivity index (χ4v) is 3.46. The van der Waals surface area contributed by atoms with Crippen LogP contribution in [0, 0.1) is 0 Å². The van der Waals surface area contributed by atoms with E-state index in [0.29, 0.717) is 5.56 Å². The Morgan fingerprint density at radius 1 is 1.35 bits per heavy atom. The maximum atomic E-state index is 12.5. The highest BCUT2D eigenvalue weighted by molar-refractivity contribution is 6.67. The van der Waals surface area contributed by atoms with Gasteiger partial charge < -0.3 is 4.90 Å². The quantitative estimate of drug-likeness (QED) is 0.608. The van der Waals surface area contributed by atoms with Gasteiger partial charge >= 0.3 is 0 Å². The number of carbonyl (C=O) groups is 2. The highest BCUT2D eigenvalue weighted by Crippen LogP contribution is 2.49. The van der Waals surface area contributed by atoms with Crippen LogP contribution in [0.15, 0.2) is 18.2 Å². The van der Waals surface area contributed by atoms with Crippen LogP contribution in [0.4, 0.5) is 5.69 Å². The Hall–Kier alpha value is -0.770. The molecule has 0 fully saturated rings. The molecule has 1 aliphatic rings. The maximum Gasteiger partial charge on any atom is 0.237 e. The molecule has 20 heavy (non-hydrogen) atoms. The minimum absolute atomic E-state index is 0.0577. The first kappa shape index (κ1) is 15.6. The van der Waals surface area contributed by atoms with Crippen molar-refractivity contribution in [2.75, 3.05) is 11.9 Å². The average Bonchev–Trinajstić information content (AvgIpc) is 2.49. The van der Waals surface area contributed by atoms with E-state index in [-0.39, 0.29) is 18.1 Å². The molecule has 0 saturated carbocycles. The summed E-state index contributed by atoms with van der Waals surface area (Å²) in [5.74, 6) is -0.203. The van der Waals surface area contributed by atoms with Crippen LogP contribution >= 0.6 is 34.8 Å². The summed E-state index contributed by atoms with van der Waals surface area (Å²) < 4.78 is -1.54. The molecular formula is C14H14Cl3NO2. The lowest BCUT2D eigenvalue weighted by Gasteiger charge is -2.27. The molecule has 0 aliphatic carbocycles. The molecule has 0 bridgehead atoms. The fourth-order valence-electron chi connectivity index (χ4n) is 2.66. The van der Waals surface area contributed by atoms with Crippen LogP contribution < -0.4 is 4.90 Å². The Bertz CT molecular complexity index is 595. The van der Waals surface area contributed by atoms with Gasteiger partial charge in [0.15, 0.2) is 9.58 Å². The van der Waals surface area contributed by atoms with Gasteiger partial charge in [-0.1, -0.05) is 34.8 Å². The number of nitrogens with zero attached hydrogens (tertiary/aromatic N) is 1. The molecule has 1 aromatic rings. The number of ketones is 1. The summed E-state index contributed by atoms with van der Waals surface area (Å²) in [4.78, 5) is 25.6. The van der Waals surface area contributed by atoms with Crippen molar-refractivity contribution in [3.8, 4) is 0 Å². The van der Waals surface area contributed by atoms with Crippen LogP contribution in [-0.2, 0) is 10.2 Å². The molecule has 1 heterocycles. The summed E-state index contributed by atoms with van der Waals surface area (Å²) >= 11 is 17.6. The van der Waals surface area contributed by atoms with E-state index in [2.05, 4.69) is 0 Å². The van der Waals surface area contributed by atoms with Crippen molar-refractivity contribution in [1.29, 1.82) is 0 Å². The van der Waals surface area contributed by atoms with Crippen molar-refractivity contribution >= 4 is 52.2 Å². The fraction of sp³-hybridized carbons (Fsp3) is 0.429. The molecular weight excluding hydrogens is 321 g/mol. The Kier molecular flexibility index (Phi) is 3.83. The zero-order valence-electron chi connectivity index (χ0n) is 11.3. The van der Waals surface area contributed by atoms with Gasteiger partial charge in [0.1, 0.15) is 0 Å². The first-order chi connectivity index (χ1) is 9.06. The molecule has 0 radical (unpaired) electrons. The van der Waals surface area contributed by atoms with Crippen molar-refractivity contribution in [1.82, 2.24) is 0 Å². The lowest BCUT2D eigenvalue weighted by atomic mass is 9.80. The molecule has 1 aromatic carbocycles. The normalized spacial score (nSPS) is 22.1. The number of benzene rings is 1. The van der Waals surface area contributed by atoms with Gasteiger partial charge in [-0.2, -0.15) is 0 Å². The molecule has 0 spiro atoms. The second-order valence-corrected chi connectivity index (χ2v) is 7.79. The molecule has 1 aliphatic heterocycles. The smallest absolute Gasteiger partial charge is 0.237 e. The summed E-state index contributed by atoms with van der Waals surface area (Å²) in [6.07, 6.45) is 0.0577. The van der Waals surface area contributed by atoms with E-state index in [1.807, 2.05) is 0 Å². The number of rotatable bonds is 2. The average molecular weight is 335 g/mol. The molecule has 1 atom stereocenters. The van der Waals surface area contributed by atoms with Crippen LogP contribution in [0.3, 0.4) is 0 Å². The highest BCUT2D eigenvalue weighted by atomic mass is 35.6. The van der Waals surface area contributed by atoms with Crippen LogP contribution in [0.1, 0.15) is 36.2 Å². The lowest BCUT2D eigenvalue weighted by Crippen LogP contribution is -2.38. The van der Waals surface area contributed by atoms with Crippen molar-refractivity contribution in [2.45, 2.75) is 29.5 Å². The Balaban J connectivity index is 2.60. The van der Waals surface area contributed by atoms with Crippen molar-refractivity contribution in [3.63, 3.8) is 0 Å². The molecule has 108 valence electrons. The van der Waals surface area contributed by atoms with E-state index in [9.17, 15) is 9.59 Å². The molecule has 1 amide bonds. The predicted octanol–water partition coefficient (Wildman–Crippen LogP) is 3.88. The monoisotopic (exact) mass is 333 g/mol. The minimum atomic E-state index is -1.54. The molecule has 2 rings (SSSR count).